The fourth-order valence-electron chi connectivity index (χ4n) is 7.20. The van der Waals surface area contributed by atoms with E-state index in [1.807, 2.05) is 0 Å². The molecule has 0 aromatic rings. The molecular formula is C51H94O6. The lowest BCUT2D eigenvalue weighted by Crippen LogP contribution is -2.30. The molecule has 0 N–H and O–H groups in total. The number of unbranched alkanes of at least 4 members (excludes halogenated alkanes) is 31. The molecular weight excluding hydrogens is 709 g/mol. The van der Waals surface area contributed by atoms with E-state index in [0.717, 1.165) is 64.2 Å². The Balaban J connectivity index is 4.35. The number of allylic oxidation sites excluding steroid dienone is 4. The van der Waals surface area contributed by atoms with Gasteiger partial charge in [0.25, 0.3) is 0 Å². The lowest BCUT2D eigenvalue weighted by atomic mass is 10.0. The summed E-state index contributed by atoms with van der Waals surface area (Å²) in [6.45, 7) is 6.61. The van der Waals surface area contributed by atoms with Crippen LogP contribution in [-0.2, 0) is 28.6 Å². The number of hydrogen-bond acceptors (Lipinski definition) is 6. The Morgan fingerprint density at radius 2 is 0.614 bits per heavy atom. The quantitative estimate of drug-likeness (QED) is 0.0264. The van der Waals surface area contributed by atoms with Gasteiger partial charge in [0.05, 0.1) is 0 Å². The van der Waals surface area contributed by atoms with Gasteiger partial charge in [-0.15, -0.1) is 0 Å². The first-order valence-electron chi connectivity index (χ1n) is 24.9. The Hall–Kier alpha value is -2.11. The SMILES string of the molecule is CCCCC/C=C\C=C/CCCCCCCCC(=O)OCC(COC(=O)CCCCCCCCCCCCCC)OC(=O)CCCCCCCCCCCCCC. The Labute approximate surface area is 353 Å². The van der Waals surface area contributed by atoms with Crippen molar-refractivity contribution in [1.82, 2.24) is 0 Å². The van der Waals surface area contributed by atoms with Crippen LogP contribution in [0.4, 0.5) is 0 Å². The lowest BCUT2D eigenvalue weighted by Gasteiger charge is -2.18. The first kappa shape index (κ1) is 54.9. The van der Waals surface area contributed by atoms with Gasteiger partial charge in [-0.25, -0.2) is 0 Å². The Bertz CT molecular complexity index is 927. The van der Waals surface area contributed by atoms with Gasteiger partial charge in [0.1, 0.15) is 13.2 Å². The highest BCUT2D eigenvalue weighted by atomic mass is 16.6. The van der Waals surface area contributed by atoms with Crippen molar-refractivity contribution in [3.8, 4) is 0 Å². The van der Waals surface area contributed by atoms with Crippen LogP contribution in [0.1, 0.15) is 265 Å². The van der Waals surface area contributed by atoms with Crippen molar-refractivity contribution in [2.45, 2.75) is 271 Å². The number of carbonyl (C=O) groups is 3. The molecule has 6 nitrogen and oxygen atoms in total. The molecule has 0 saturated heterocycles. The van der Waals surface area contributed by atoms with Crippen molar-refractivity contribution in [2.75, 3.05) is 13.2 Å². The van der Waals surface area contributed by atoms with Crippen LogP contribution >= 0.6 is 0 Å². The Kier molecular flexibility index (Phi) is 44.9. The van der Waals surface area contributed by atoms with Gasteiger partial charge < -0.3 is 14.2 Å². The van der Waals surface area contributed by atoms with Crippen molar-refractivity contribution >= 4 is 17.9 Å². The van der Waals surface area contributed by atoms with Crippen LogP contribution in [0.25, 0.3) is 0 Å². The minimum absolute atomic E-state index is 0.0704. The van der Waals surface area contributed by atoms with E-state index in [2.05, 4.69) is 45.1 Å². The minimum Gasteiger partial charge on any atom is -0.462 e. The third-order valence-corrected chi connectivity index (χ3v) is 11.0. The molecule has 0 aliphatic heterocycles. The zero-order valence-electron chi connectivity index (χ0n) is 38.1. The molecule has 6 heteroatoms. The second-order valence-electron chi connectivity index (χ2n) is 16.8. The van der Waals surface area contributed by atoms with Gasteiger partial charge in [0, 0.05) is 19.3 Å². The summed E-state index contributed by atoms with van der Waals surface area (Å²) in [5.41, 5.74) is 0. The van der Waals surface area contributed by atoms with E-state index < -0.39 is 6.10 Å². The number of esters is 3. The van der Waals surface area contributed by atoms with Crippen molar-refractivity contribution in [1.29, 1.82) is 0 Å². The van der Waals surface area contributed by atoms with E-state index in [0.29, 0.717) is 19.3 Å². The molecule has 0 aliphatic carbocycles. The lowest BCUT2D eigenvalue weighted by molar-refractivity contribution is -0.167. The molecule has 0 aromatic carbocycles. The fourth-order valence-corrected chi connectivity index (χ4v) is 7.20. The van der Waals surface area contributed by atoms with E-state index in [9.17, 15) is 14.4 Å². The second kappa shape index (κ2) is 46.6. The van der Waals surface area contributed by atoms with Crippen LogP contribution < -0.4 is 0 Å². The molecule has 57 heavy (non-hydrogen) atoms. The number of ether oxygens (including phenoxy) is 3. The van der Waals surface area contributed by atoms with E-state index in [-0.39, 0.29) is 31.1 Å². The summed E-state index contributed by atoms with van der Waals surface area (Å²) in [4.78, 5) is 37.8. The average molecular weight is 803 g/mol. The zero-order chi connectivity index (χ0) is 41.5. The highest BCUT2D eigenvalue weighted by Crippen LogP contribution is 2.15. The number of carbonyl (C=O) groups excluding carboxylic acids is 3. The summed E-state index contributed by atoms with van der Waals surface area (Å²) in [6.07, 6.45) is 51.5. The van der Waals surface area contributed by atoms with Crippen LogP contribution in [0.15, 0.2) is 24.3 Å². The standard InChI is InChI=1S/C51H94O6/c1-4-7-10-13-16-19-22-25-26-27-30-32-35-38-41-44-50(53)56-47-48(57-51(54)45-42-39-36-33-29-24-21-18-15-12-9-6-3)46-55-49(52)43-40-37-34-31-28-23-20-17-14-11-8-5-2/h16,19,22,25,48H,4-15,17-18,20-21,23-24,26-47H2,1-3H3/b19-16-,25-22-. The fraction of sp³-hybridized carbons (Fsp3) is 0.863. The summed E-state index contributed by atoms with van der Waals surface area (Å²) in [5, 5.41) is 0. The number of rotatable bonds is 45. The molecule has 0 heterocycles. The first-order chi connectivity index (χ1) is 28.0. The summed E-state index contributed by atoms with van der Waals surface area (Å²) >= 11 is 0. The van der Waals surface area contributed by atoms with Gasteiger partial charge in [-0.3, -0.25) is 14.4 Å². The highest BCUT2D eigenvalue weighted by molar-refractivity contribution is 5.71. The van der Waals surface area contributed by atoms with Gasteiger partial charge in [0.2, 0.25) is 0 Å². The van der Waals surface area contributed by atoms with Gasteiger partial charge in [0.15, 0.2) is 6.10 Å². The molecule has 0 aromatic heterocycles. The largest absolute Gasteiger partial charge is 0.462 e. The molecule has 1 unspecified atom stereocenters. The highest BCUT2D eigenvalue weighted by Gasteiger charge is 2.19. The van der Waals surface area contributed by atoms with Crippen molar-refractivity contribution in [3.63, 3.8) is 0 Å². The van der Waals surface area contributed by atoms with Crippen molar-refractivity contribution in [3.05, 3.63) is 24.3 Å². The zero-order valence-corrected chi connectivity index (χ0v) is 38.1. The topological polar surface area (TPSA) is 78.9 Å². The van der Waals surface area contributed by atoms with E-state index in [4.69, 9.17) is 14.2 Å². The summed E-state index contributed by atoms with van der Waals surface area (Å²) in [6, 6.07) is 0. The normalized spacial score (nSPS) is 12.1. The van der Waals surface area contributed by atoms with Gasteiger partial charge in [-0.1, -0.05) is 225 Å². The maximum Gasteiger partial charge on any atom is 0.306 e. The monoisotopic (exact) mass is 803 g/mol. The molecule has 0 saturated carbocycles. The summed E-state index contributed by atoms with van der Waals surface area (Å²) in [5.74, 6) is -0.872. The van der Waals surface area contributed by atoms with E-state index in [1.54, 1.807) is 0 Å². The van der Waals surface area contributed by atoms with Crippen LogP contribution in [0.2, 0.25) is 0 Å². The van der Waals surface area contributed by atoms with Crippen molar-refractivity contribution < 1.29 is 28.6 Å². The smallest absolute Gasteiger partial charge is 0.306 e. The predicted octanol–water partition coefficient (Wildman–Crippen LogP) is 16.0. The van der Waals surface area contributed by atoms with Crippen molar-refractivity contribution in [2.24, 2.45) is 0 Å². The van der Waals surface area contributed by atoms with Gasteiger partial charge in [-0.05, 0) is 44.9 Å². The third kappa shape index (κ3) is 44.8. The van der Waals surface area contributed by atoms with Gasteiger partial charge >= 0.3 is 17.9 Å². The van der Waals surface area contributed by atoms with E-state index >= 15 is 0 Å². The van der Waals surface area contributed by atoms with Crippen LogP contribution in [0.3, 0.4) is 0 Å². The summed E-state index contributed by atoms with van der Waals surface area (Å²) < 4.78 is 16.8. The number of hydrogen-bond donors (Lipinski definition) is 0. The van der Waals surface area contributed by atoms with Crippen LogP contribution in [0.5, 0.6) is 0 Å². The Morgan fingerprint density at radius 3 is 0.965 bits per heavy atom. The van der Waals surface area contributed by atoms with E-state index in [1.165, 1.54) is 161 Å². The molecule has 1 atom stereocenters. The predicted molar refractivity (Wildman–Crippen MR) is 243 cm³/mol. The minimum atomic E-state index is -0.768. The average Bonchev–Trinajstić information content (AvgIpc) is 3.21. The molecule has 0 rings (SSSR count). The maximum atomic E-state index is 12.7. The molecule has 334 valence electrons. The summed E-state index contributed by atoms with van der Waals surface area (Å²) in [7, 11) is 0. The molecule has 0 amide bonds. The van der Waals surface area contributed by atoms with Crippen LogP contribution in [0, 0.1) is 0 Å². The molecule has 0 spiro atoms. The molecule has 0 bridgehead atoms. The Morgan fingerprint density at radius 1 is 0.351 bits per heavy atom. The second-order valence-corrected chi connectivity index (χ2v) is 16.8. The molecule has 0 fully saturated rings. The first-order valence-corrected chi connectivity index (χ1v) is 24.9. The van der Waals surface area contributed by atoms with Gasteiger partial charge in [-0.2, -0.15) is 0 Å². The third-order valence-electron chi connectivity index (χ3n) is 11.0. The molecule has 0 radical (unpaired) electrons. The molecule has 0 aliphatic rings. The van der Waals surface area contributed by atoms with Crippen LogP contribution in [-0.4, -0.2) is 37.2 Å². The maximum absolute atomic E-state index is 12.7.